The second-order valence-corrected chi connectivity index (χ2v) is 6.85. The first-order valence-corrected chi connectivity index (χ1v) is 9.27. The number of guanidine groups is 1. The third kappa shape index (κ3) is 6.49. The summed E-state index contributed by atoms with van der Waals surface area (Å²) >= 11 is 0. The van der Waals surface area contributed by atoms with Gasteiger partial charge in [0.05, 0.1) is 12.2 Å². The van der Waals surface area contributed by atoms with Crippen molar-refractivity contribution in [3.05, 3.63) is 71.6 Å². The van der Waals surface area contributed by atoms with Gasteiger partial charge < -0.3 is 20.0 Å². The Morgan fingerprint density at radius 3 is 2.48 bits per heavy atom. The SMILES string of the molecule is CN=C(NCc1cccc(N(C)C)c1)NCc1coc(-c2ccc(C)cc2)n1.I. The van der Waals surface area contributed by atoms with Gasteiger partial charge in [-0.1, -0.05) is 29.8 Å². The summed E-state index contributed by atoms with van der Waals surface area (Å²) in [5.74, 6) is 1.34. The molecule has 3 rings (SSSR count). The molecular formula is C22H28IN5O. The van der Waals surface area contributed by atoms with E-state index in [4.69, 9.17) is 4.42 Å². The lowest BCUT2D eigenvalue weighted by molar-refractivity contribution is 0.572. The number of rotatable bonds is 6. The largest absolute Gasteiger partial charge is 0.444 e. The Morgan fingerprint density at radius 2 is 1.79 bits per heavy atom. The average molecular weight is 505 g/mol. The molecule has 0 spiro atoms. The molecule has 29 heavy (non-hydrogen) atoms. The van der Waals surface area contributed by atoms with Gasteiger partial charge in [0.25, 0.3) is 0 Å². The Labute approximate surface area is 189 Å². The lowest BCUT2D eigenvalue weighted by atomic mass is 10.1. The molecule has 2 N–H and O–H groups in total. The third-order valence-electron chi connectivity index (χ3n) is 4.40. The average Bonchev–Trinajstić information content (AvgIpc) is 3.18. The molecule has 0 amide bonds. The molecule has 7 heteroatoms. The monoisotopic (exact) mass is 505 g/mol. The maximum absolute atomic E-state index is 5.61. The first-order chi connectivity index (χ1) is 13.5. The van der Waals surface area contributed by atoms with Crippen molar-refractivity contribution in [3.63, 3.8) is 0 Å². The van der Waals surface area contributed by atoms with Gasteiger partial charge in [0.1, 0.15) is 6.26 Å². The lowest BCUT2D eigenvalue weighted by Crippen LogP contribution is -2.36. The number of halogens is 1. The number of nitrogens with one attached hydrogen (secondary N) is 2. The Balaban J connectivity index is 0.00000300. The van der Waals surface area contributed by atoms with Gasteiger partial charge in [0.15, 0.2) is 5.96 Å². The van der Waals surface area contributed by atoms with E-state index in [-0.39, 0.29) is 24.0 Å². The van der Waals surface area contributed by atoms with Crippen molar-refractivity contribution in [1.29, 1.82) is 0 Å². The van der Waals surface area contributed by atoms with Gasteiger partial charge in [-0.05, 0) is 36.8 Å². The van der Waals surface area contributed by atoms with E-state index in [1.54, 1.807) is 13.3 Å². The van der Waals surface area contributed by atoms with Crippen LogP contribution in [-0.2, 0) is 13.1 Å². The first-order valence-electron chi connectivity index (χ1n) is 9.27. The van der Waals surface area contributed by atoms with Crippen LogP contribution in [0.4, 0.5) is 5.69 Å². The maximum Gasteiger partial charge on any atom is 0.226 e. The minimum Gasteiger partial charge on any atom is -0.444 e. The molecule has 154 valence electrons. The zero-order chi connectivity index (χ0) is 19.9. The molecule has 3 aromatic rings. The summed E-state index contributed by atoms with van der Waals surface area (Å²) < 4.78 is 5.61. The molecule has 6 nitrogen and oxygen atoms in total. The van der Waals surface area contributed by atoms with Crippen LogP contribution in [0.3, 0.4) is 0 Å². The molecule has 0 saturated carbocycles. The van der Waals surface area contributed by atoms with Crippen molar-refractivity contribution < 1.29 is 4.42 Å². The van der Waals surface area contributed by atoms with E-state index in [0.29, 0.717) is 19.0 Å². The normalized spacial score (nSPS) is 11.0. The van der Waals surface area contributed by atoms with E-state index in [9.17, 15) is 0 Å². The number of aromatic nitrogens is 1. The summed E-state index contributed by atoms with van der Waals surface area (Å²) in [5, 5.41) is 6.60. The van der Waals surface area contributed by atoms with Crippen molar-refractivity contribution in [3.8, 4) is 11.5 Å². The fraction of sp³-hybridized carbons (Fsp3) is 0.273. The molecule has 0 bridgehead atoms. The van der Waals surface area contributed by atoms with Gasteiger partial charge in [-0.15, -0.1) is 24.0 Å². The van der Waals surface area contributed by atoms with Crippen molar-refractivity contribution >= 4 is 35.6 Å². The quantitative estimate of drug-likeness (QED) is 0.299. The van der Waals surface area contributed by atoms with Crippen LogP contribution >= 0.6 is 24.0 Å². The molecule has 0 aliphatic rings. The summed E-state index contributed by atoms with van der Waals surface area (Å²) in [6.45, 7) is 3.28. The number of anilines is 1. The highest BCUT2D eigenvalue weighted by Gasteiger charge is 2.07. The Kier molecular flexibility index (Phi) is 8.50. The van der Waals surface area contributed by atoms with Gasteiger partial charge in [0, 0.05) is 38.9 Å². The molecule has 0 aliphatic carbocycles. The number of hydrogen-bond donors (Lipinski definition) is 2. The minimum atomic E-state index is 0. The zero-order valence-electron chi connectivity index (χ0n) is 17.3. The van der Waals surface area contributed by atoms with Crippen LogP contribution in [0.1, 0.15) is 16.8 Å². The molecule has 0 radical (unpaired) electrons. The molecule has 2 aromatic carbocycles. The van der Waals surface area contributed by atoms with Gasteiger partial charge in [-0.25, -0.2) is 4.98 Å². The predicted molar refractivity (Wildman–Crippen MR) is 130 cm³/mol. The summed E-state index contributed by atoms with van der Waals surface area (Å²) in [4.78, 5) is 10.9. The van der Waals surface area contributed by atoms with E-state index >= 15 is 0 Å². The third-order valence-corrected chi connectivity index (χ3v) is 4.40. The van der Waals surface area contributed by atoms with Crippen LogP contribution < -0.4 is 15.5 Å². The van der Waals surface area contributed by atoms with Crippen LogP contribution in [0.15, 0.2) is 64.2 Å². The first kappa shape index (κ1) is 22.7. The fourth-order valence-electron chi connectivity index (χ4n) is 2.74. The van der Waals surface area contributed by atoms with E-state index < -0.39 is 0 Å². The Hall–Kier alpha value is -2.55. The smallest absolute Gasteiger partial charge is 0.226 e. The highest BCUT2D eigenvalue weighted by molar-refractivity contribution is 14.0. The van der Waals surface area contributed by atoms with E-state index in [0.717, 1.165) is 17.2 Å². The second kappa shape index (κ2) is 10.8. The molecule has 1 aromatic heterocycles. The Morgan fingerprint density at radius 1 is 1.07 bits per heavy atom. The topological polar surface area (TPSA) is 65.7 Å². The summed E-state index contributed by atoms with van der Waals surface area (Å²) in [6, 6.07) is 16.5. The number of hydrogen-bond acceptors (Lipinski definition) is 4. The van der Waals surface area contributed by atoms with E-state index in [1.165, 1.54) is 16.8 Å². The fourth-order valence-corrected chi connectivity index (χ4v) is 2.74. The zero-order valence-corrected chi connectivity index (χ0v) is 19.6. The van der Waals surface area contributed by atoms with Gasteiger partial charge in [-0.3, -0.25) is 4.99 Å². The highest BCUT2D eigenvalue weighted by atomic mass is 127. The summed E-state index contributed by atoms with van der Waals surface area (Å²) in [6.07, 6.45) is 1.68. The highest BCUT2D eigenvalue weighted by Crippen LogP contribution is 2.19. The minimum absolute atomic E-state index is 0. The van der Waals surface area contributed by atoms with Crippen LogP contribution in [-0.4, -0.2) is 32.1 Å². The van der Waals surface area contributed by atoms with Crippen molar-refractivity contribution in [1.82, 2.24) is 15.6 Å². The van der Waals surface area contributed by atoms with E-state index in [1.807, 2.05) is 26.2 Å². The van der Waals surface area contributed by atoms with Gasteiger partial charge >= 0.3 is 0 Å². The van der Waals surface area contributed by atoms with Gasteiger partial charge in [0.2, 0.25) is 5.89 Å². The summed E-state index contributed by atoms with van der Waals surface area (Å²) in [7, 11) is 5.83. The summed E-state index contributed by atoms with van der Waals surface area (Å²) in [5.41, 5.74) is 5.38. The van der Waals surface area contributed by atoms with Crippen molar-refractivity contribution in [2.45, 2.75) is 20.0 Å². The Bertz CT molecular complexity index is 934. The molecular weight excluding hydrogens is 477 g/mol. The molecule has 0 fully saturated rings. The second-order valence-electron chi connectivity index (χ2n) is 6.85. The number of nitrogens with zero attached hydrogens (tertiary/aromatic N) is 3. The maximum atomic E-state index is 5.61. The van der Waals surface area contributed by atoms with Crippen LogP contribution in [0.5, 0.6) is 0 Å². The molecule has 0 aliphatic heterocycles. The molecule has 0 atom stereocenters. The van der Waals surface area contributed by atoms with Crippen molar-refractivity contribution in [2.75, 3.05) is 26.0 Å². The number of aryl methyl sites for hydroxylation is 1. The van der Waals surface area contributed by atoms with Crippen molar-refractivity contribution in [2.24, 2.45) is 4.99 Å². The molecule has 1 heterocycles. The molecule has 0 saturated heterocycles. The number of benzene rings is 2. The van der Waals surface area contributed by atoms with Gasteiger partial charge in [-0.2, -0.15) is 0 Å². The standard InChI is InChI=1S/C22H27N5O.HI/c1-16-8-10-18(11-9-16)21-26-19(15-28-21)14-25-22(23-2)24-13-17-6-5-7-20(12-17)27(3)4;/h5-12,15H,13-14H2,1-4H3,(H2,23,24,25);1H. The van der Waals surface area contributed by atoms with Crippen LogP contribution in [0, 0.1) is 6.92 Å². The molecule has 0 unspecified atom stereocenters. The number of oxazole rings is 1. The van der Waals surface area contributed by atoms with Crippen LogP contribution in [0.25, 0.3) is 11.5 Å². The number of aliphatic imine (C=N–C) groups is 1. The van der Waals surface area contributed by atoms with Crippen LogP contribution in [0.2, 0.25) is 0 Å². The van der Waals surface area contributed by atoms with E-state index in [2.05, 4.69) is 68.8 Å². The predicted octanol–water partition coefficient (Wildman–Crippen LogP) is 4.20. The lowest BCUT2D eigenvalue weighted by Gasteiger charge is -2.15.